The highest BCUT2D eigenvalue weighted by Gasteiger charge is 2.20. The monoisotopic (exact) mass is 1000 g/mol. The molecule has 0 aromatic carbocycles. The molecule has 0 saturated heterocycles. The lowest BCUT2D eigenvalue weighted by Gasteiger charge is -2.22. The zero-order valence-electron chi connectivity index (χ0n) is 48.0. The Labute approximate surface area is 443 Å². The summed E-state index contributed by atoms with van der Waals surface area (Å²) in [4.78, 5) is 24.5. The number of carbonyl (C=O) groups is 2. The largest absolute Gasteiger partial charge is 0.466 e. The summed E-state index contributed by atoms with van der Waals surface area (Å²) in [5.74, 6) is -0.0214. The van der Waals surface area contributed by atoms with Gasteiger partial charge in [0.05, 0.1) is 25.4 Å². The molecule has 0 heterocycles. The zero-order chi connectivity index (χ0) is 51.4. The van der Waals surface area contributed by atoms with Crippen LogP contribution in [0.4, 0.5) is 0 Å². The first-order chi connectivity index (χ1) is 35.0. The zero-order valence-corrected chi connectivity index (χ0v) is 48.0. The van der Waals surface area contributed by atoms with Crippen molar-refractivity contribution in [1.82, 2.24) is 5.32 Å². The molecule has 0 saturated carbocycles. The minimum atomic E-state index is -0.662. The van der Waals surface area contributed by atoms with E-state index in [0.717, 1.165) is 51.4 Å². The molecule has 2 atom stereocenters. The summed E-state index contributed by atoms with van der Waals surface area (Å²) in [6, 6.07) is -0.539. The van der Waals surface area contributed by atoms with Gasteiger partial charge in [0.15, 0.2) is 0 Å². The number of aliphatic hydroxyl groups excluding tert-OH is 2. The smallest absolute Gasteiger partial charge is 0.305 e. The molecule has 1 amide bonds. The lowest BCUT2D eigenvalue weighted by molar-refractivity contribution is -0.143. The van der Waals surface area contributed by atoms with Gasteiger partial charge in [-0.2, -0.15) is 0 Å². The predicted molar refractivity (Wildman–Crippen MR) is 310 cm³/mol. The summed E-state index contributed by atoms with van der Waals surface area (Å²) in [5, 5.41) is 23.2. The summed E-state index contributed by atoms with van der Waals surface area (Å²) in [6.45, 7) is 4.94. The first-order valence-electron chi connectivity index (χ1n) is 32.1. The van der Waals surface area contributed by atoms with E-state index in [2.05, 4.69) is 43.5 Å². The maximum Gasteiger partial charge on any atom is 0.305 e. The van der Waals surface area contributed by atoms with E-state index in [-0.39, 0.29) is 18.5 Å². The van der Waals surface area contributed by atoms with E-state index < -0.39 is 12.1 Å². The van der Waals surface area contributed by atoms with E-state index in [1.54, 1.807) is 0 Å². The number of aliphatic hydroxyl groups is 2. The van der Waals surface area contributed by atoms with E-state index in [0.29, 0.717) is 25.9 Å². The molecular formula is C65H125NO5. The van der Waals surface area contributed by atoms with Crippen LogP contribution in [0, 0.1) is 0 Å². The maximum atomic E-state index is 12.4. The Kier molecular flexibility index (Phi) is 59.5. The second-order valence-electron chi connectivity index (χ2n) is 22.1. The third-order valence-corrected chi connectivity index (χ3v) is 15.0. The van der Waals surface area contributed by atoms with Crippen molar-refractivity contribution in [2.24, 2.45) is 0 Å². The highest BCUT2D eigenvalue weighted by molar-refractivity contribution is 5.76. The van der Waals surface area contributed by atoms with Crippen LogP contribution in [-0.4, -0.2) is 47.4 Å². The fourth-order valence-electron chi connectivity index (χ4n) is 10.1. The van der Waals surface area contributed by atoms with Crippen LogP contribution in [0.3, 0.4) is 0 Å². The van der Waals surface area contributed by atoms with Crippen molar-refractivity contribution < 1.29 is 24.5 Å². The Hall–Kier alpha value is -1.66. The van der Waals surface area contributed by atoms with Crippen molar-refractivity contribution in [3.8, 4) is 0 Å². The van der Waals surface area contributed by atoms with Gasteiger partial charge in [0, 0.05) is 12.8 Å². The van der Waals surface area contributed by atoms with Gasteiger partial charge in [-0.1, -0.05) is 308 Å². The first kappa shape index (κ1) is 69.3. The van der Waals surface area contributed by atoms with Gasteiger partial charge in [0.1, 0.15) is 0 Å². The number of carbonyl (C=O) groups excluding carboxylic acids is 2. The second kappa shape index (κ2) is 60.9. The van der Waals surface area contributed by atoms with Crippen molar-refractivity contribution >= 4 is 11.9 Å². The van der Waals surface area contributed by atoms with Gasteiger partial charge >= 0.3 is 5.97 Å². The third-order valence-electron chi connectivity index (χ3n) is 15.0. The number of hydrogen-bond donors (Lipinski definition) is 3. The van der Waals surface area contributed by atoms with E-state index in [1.165, 1.54) is 270 Å². The quantitative estimate of drug-likeness (QED) is 0.0320. The fraction of sp³-hybridized carbons (Fsp3) is 0.908. The number of ether oxygens (including phenoxy) is 1. The average Bonchev–Trinajstić information content (AvgIpc) is 3.37. The summed E-state index contributed by atoms with van der Waals surface area (Å²) in [6.07, 6.45) is 74.9. The molecule has 6 heteroatoms. The molecule has 3 N–H and O–H groups in total. The molecule has 0 radical (unpaired) electrons. The Bertz CT molecular complexity index is 1110. The molecule has 0 aliphatic heterocycles. The number of esters is 1. The number of hydrogen-bond acceptors (Lipinski definition) is 5. The van der Waals surface area contributed by atoms with Crippen molar-refractivity contribution in [2.45, 2.75) is 366 Å². The van der Waals surface area contributed by atoms with Crippen molar-refractivity contribution in [1.29, 1.82) is 0 Å². The predicted octanol–water partition coefficient (Wildman–Crippen LogP) is 20.2. The van der Waals surface area contributed by atoms with Crippen LogP contribution in [0.2, 0.25) is 0 Å². The summed E-state index contributed by atoms with van der Waals surface area (Å²) in [5.41, 5.74) is 0. The van der Waals surface area contributed by atoms with Crippen LogP contribution in [-0.2, 0) is 14.3 Å². The standard InChI is InChI=1S/C65H125NO5/c1-3-5-7-9-11-13-15-16-17-18-25-29-32-35-39-43-47-51-55-59-65(70)71-60-56-52-48-44-40-36-33-30-27-24-22-20-19-21-23-26-28-31-34-38-42-46-50-54-58-64(69)66-62(61-67)63(68)57-53-49-45-41-37-14-12-10-8-6-4-2/h11,13,16-17,62-63,67-68H,3-10,12,14-15,18-61H2,1-2H3,(H,66,69)/b13-11-,17-16-. The average molecular weight is 1000 g/mol. The van der Waals surface area contributed by atoms with E-state index in [1.807, 2.05) is 0 Å². The van der Waals surface area contributed by atoms with Gasteiger partial charge in [-0.15, -0.1) is 0 Å². The molecule has 6 nitrogen and oxygen atoms in total. The Morgan fingerprint density at radius 3 is 1.10 bits per heavy atom. The molecule has 0 aliphatic rings. The van der Waals surface area contributed by atoms with Gasteiger partial charge < -0.3 is 20.3 Å². The van der Waals surface area contributed by atoms with Gasteiger partial charge in [-0.05, 0) is 57.8 Å². The van der Waals surface area contributed by atoms with Crippen molar-refractivity contribution in [2.75, 3.05) is 13.2 Å². The number of unbranched alkanes of at least 4 members (excludes halogenated alkanes) is 45. The molecule has 0 aromatic rings. The van der Waals surface area contributed by atoms with Crippen LogP contribution in [0.1, 0.15) is 354 Å². The fourth-order valence-corrected chi connectivity index (χ4v) is 10.1. The first-order valence-corrected chi connectivity index (χ1v) is 32.1. The molecule has 2 unspecified atom stereocenters. The molecule has 0 bridgehead atoms. The number of amides is 1. The van der Waals surface area contributed by atoms with Gasteiger partial charge in [0.25, 0.3) is 0 Å². The van der Waals surface area contributed by atoms with Crippen LogP contribution in [0.5, 0.6) is 0 Å². The van der Waals surface area contributed by atoms with Crippen LogP contribution >= 0.6 is 0 Å². The number of rotatable bonds is 60. The molecule has 420 valence electrons. The molecule has 0 rings (SSSR count). The van der Waals surface area contributed by atoms with Crippen LogP contribution in [0.25, 0.3) is 0 Å². The molecule has 71 heavy (non-hydrogen) atoms. The van der Waals surface area contributed by atoms with Gasteiger partial charge in [0.2, 0.25) is 5.91 Å². The van der Waals surface area contributed by atoms with E-state index >= 15 is 0 Å². The Balaban J connectivity index is 3.33. The number of nitrogens with one attached hydrogen (secondary N) is 1. The minimum Gasteiger partial charge on any atom is -0.466 e. The third kappa shape index (κ3) is 57.5. The summed E-state index contributed by atoms with van der Waals surface area (Å²) >= 11 is 0. The summed E-state index contributed by atoms with van der Waals surface area (Å²) < 4.78 is 5.50. The number of allylic oxidation sites excluding steroid dienone is 4. The molecule has 0 fully saturated rings. The molecular weight excluding hydrogens is 875 g/mol. The second-order valence-corrected chi connectivity index (χ2v) is 22.1. The highest BCUT2D eigenvalue weighted by Crippen LogP contribution is 2.18. The van der Waals surface area contributed by atoms with Crippen LogP contribution < -0.4 is 5.32 Å². The summed E-state index contributed by atoms with van der Waals surface area (Å²) in [7, 11) is 0. The maximum absolute atomic E-state index is 12.4. The lowest BCUT2D eigenvalue weighted by Crippen LogP contribution is -2.45. The molecule has 0 aliphatic carbocycles. The normalized spacial score (nSPS) is 12.7. The van der Waals surface area contributed by atoms with Gasteiger partial charge in [-0.25, -0.2) is 0 Å². The Morgan fingerprint density at radius 2 is 0.704 bits per heavy atom. The van der Waals surface area contributed by atoms with Crippen molar-refractivity contribution in [3.05, 3.63) is 24.3 Å². The molecule has 0 aromatic heterocycles. The van der Waals surface area contributed by atoms with Gasteiger partial charge in [-0.3, -0.25) is 9.59 Å². The lowest BCUT2D eigenvalue weighted by atomic mass is 10.0. The SMILES string of the molecule is CCCCC/C=C\C/C=C\CCCCCCCCCCCC(=O)OCCCCCCCCCCCCCCCCCCCCCCCCCCC(=O)NC(CO)C(O)CCCCCCCCCCCCC. The minimum absolute atomic E-state index is 0.0121. The van der Waals surface area contributed by atoms with E-state index in [4.69, 9.17) is 4.74 Å². The highest BCUT2D eigenvalue weighted by atomic mass is 16.5. The Morgan fingerprint density at radius 1 is 0.394 bits per heavy atom. The van der Waals surface area contributed by atoms with Crippen molar-refractivity contribution in [3.63, 3.8) is 0 Å². The van der Waals surface area contributed by atoms with Crippen LogP contribution in [0.15, 0.2) is 24.3 Å². The van der Waals surface area contributed by atoms with E-state index in [9.17, 15) is 19.8 Å². The topological polar surface area (TPSA) is 95.9 Å². The molecule has 0 spiro atoms.